The van der Waals surface area contributed by atoms with Crippen LogP contribution in [-0.4, -0.2) is 51.9 Å². The Kier molecular flexibility index (Phi) is 6.68. The summed E-state index contributed by atoms with van der Waals surface area (Å²) in [6.07, 6.45) is 4.32. The Labute approximate surface area is 190 Å². The van der Waals surface area contributed by atoms with Gasteiger partial charge in [0.05, 0.1) is 12.7 Å². The zero-order valence-electron chi connectivity index (χ0n) is 18.1. The van der Waals surface area contributed by atoms with E-state index in [4.69, 9.17) is 4.74 Å². The zero-order chi connectivity index (χ0) is 23.2. The molecule has 0 bridgehead atoms. The highest BCUT2D eigenvalue weighted by Gasteiger charge is 2.26. The number of amides is 1. The minimum absolute atomic E-state index is 0.0200. The number of nitrogens with zero attached hydrogens (tertiary/aromatic N) is 4. The van der Waals surface area contributed by atoms with E-state index in [1.807, 2.05) is 12.1 Å². The number of phenolic OH excluding ortho intramolecular Hbond substituents is 1. The molecule has 2 aromatic heterocycles. The van der Waals surface area contributed by atoms with Crippen LogP contribution in [0.3, 0.4) is 0 Å². The van der Waals surface area contributed by atoms with Gasteiger partial charge in [-0.2, -0.15) is 0 Å². The summed E-state index contributed by atoms with van der Waals surface area (Å²) in [6.45, 7) is 1.45. The van der Waals surface area contributed by atoms with E-state index in [2.05, 4.69) is 20.3 Å². The number of aromatic nitrogens is 3. The quantitative estimate of drug-likeness (QED) is 0.497. The van der Waals surface area contributed by atoms with Gasteiger partial charge < -0.3 is 20.1 Å². The van der Waals surface area contributed by atoms with Crippen LogP contribution in [0.15, 0.2) is 73.1 Å². The van der Waals surface area contributed by atoms with Gasteiger partial charge in [0, 0.05) is 31.5 Å². The lowest BCUT2D eigenvalue weighted by atomic mass is 10.1. The Bertz CT molecular complexity index is 1230. The van der Waals surface area contributed by atoms with E-state index < -0.39 is 0 Å². The molecule has 170 valence electrons. The average molecular weight is 449 g/mol. The fraction of sp³-hybridized carbons (Fsp3) is 0.208. The third kappa shape index (κ3) is 5.20. The number of phenols is 1. The normalized spacial score (nSPS) is 15.1. The number of carbonyl (C=O) groups is 1. The van der Waals surface area contributed by atoms with Crippen molar-refractivity contribution in [1.29, 1.82) is 0 Å². The number of ether oxygens (including phenoxy) is 1. The first-order chi connectivity index (χ1) is 16.0. The lowest BCUT2D eigenvalue weighted by molar-refractivity contribution is 0.0937. The zero-order valence-corrected chi connectivity index (χ0v) is 18.1. The predicted octanol–water partition coefficient (Wildman–Crippen LogP) is 3.28. The number of aromatic hydroxyl groups is 1. The number of fused-ring (bicyclic) bond motifs is 1. The SMILES string of the molecule is COc1cccc(C(=O)N[C@H]2CCN(c3ccc4nccn4n3)C2)c1O.Fc1ccccc1. The van der Waals surface area contributed by atoms with Gasteiger partial charge in [0.25, 0.3) is 5.91 Å². The molecule has 0 spiro atoms. The van der Waals surface area contributed by atoms with E-state index in [0.717, 1.165) is 24.4 Å². The fourth-order valence-electron chi connectivity index (χ4n) is 3.61. The summed E-state index contributed by atoms with van der Waals surface area (Å²) < 4.78 is 18.7. The molecule has 0 radical (unpaired) electrons. The molecule has 2 N–H and O–H groups in total. The van der Waals surface area contributed by atoms with Crippen molar-refractivity contribution in [1.82, 2.24) is 19.9 Å². The highest BCUT2D eigenvalue weighted by Crippen LogP contribution is 2.29. The van der Waals surface area contributed by atoms with E-state index in [1.165, 1.54) is 19.2 Å². The summed E-state index contributed by atoms with van der Waals surface area (Å²) in [7, 11) is 1.45. The number of methoxy groups -OCH3 is 1. The number of rotatable bonds is 4. The summed E-state index contributed by atoms with van der Waals surface area (Å²) >= 11 is 0. The third-order valence-corrected chi connectivity index (χ3v) is 5.29. The second-order valence-electron chi connectivity index (χ2n) is 7.48. The summed E-state index contributed by atoms with van der Waals surface area (Å²) in [5.41, 5.74) is 1.01. The monoisotopic (exact) mass is 449 g/mol. The van der Waals surface area contributed by atoms with Crippen LogP contribution in [-0.2, 0) is 0 Å². The number of hydrogen-bond donors (Lipinski definition) is 2. The largest absolute Gasteiger partial charge is 0.504 e. The standard InChI is InChI=1S/C18H19N5O3.C6H5F/c1-26-14-4-2-3-13(17(14)24)18(25)20-12-7-9-22(11-12)16-6-5-15-19-8-10-23(15)21-16;7-6-4-2-1-3-5-6/h2-6,8,10,12,24H,7,9,11H2,1H3,(H,20,25);1-5H/t12-;/m0./s1. The van der Waals surface area contributed by atoms with E-state index in [-0.39, 0.29) is 34.8 Å². The summed E-state index contributed by atoms with van der Waals surface area (Å²) in [5, 5.41) is 17.6. The second-order valence-corrected chi connectivity index (χ2v) is 7.48. The predicted molar refractivity (Wildman–Crippen MR) is 122 cm³/mol. The molecule has 0 saturated carbocycles. The topological polar surface area (TPSA) is 92.0 Å². The number of para-hydroxylation sites is 1. The number of imidazole rings is 1. The molecule has 0 unspecified atom stereocenters. The summed E-state index contributed by atoms with van der Waals surface area (Å²) in [6, 6.07) is 16.6. The number of anilines is 1. The molecule has 0 aliphatic carbocycles. The molecule has 1 aliphatic heterocycles. The van der Waals surface area contributed by atoms with Gasteiger partial charge in [-0.3, -0.25) is 4.79 Å². The van der Waals surface area contributed by atoms with E-state index >= 15 is 0 Å². The third-order valence-electron chi connectivity index (χ3n) is 5.29. The van der Waals surface area contributed by atoms with Crippen LogP contribution in [0.1, 0.15) is 16.8 Å². The van der Waals surface area contributed by atoms with E-state index in [1.54, 1.807) is 53.3 Å². The van der Waals surface area contributed by atoms with E-state index in [0.29, 0.717) is 6.54 Å². The first kappa shape index (κ1) is 22.1. The minimum atomic E-state index is -0.314. The fourth-order valence-corrected chi connectivity index (χ4v) is 3.61. The number of hydrogen-bond acceptors (Lipinski definition) is 6. The van der Waals surface area contributed by atoms with Crippen LogP contribution < -0.4 is 15.0 Å². The van der Waals surface area contributed by atoms with Crippen molar-refractivity contribution < 1.29 is 19.0 Å². The smallest absolute Gasteiger partial charge is 0.255 e. The van der Waals surface area contributed by atoms with Crippen molar-refractivity contribution in [2.75, 3.05) is 25.1 Å². The first-order valence-electron chi connectivity index (χ1n) is 10.5. The van der Waals surface area contributed by atoms with Crippen molar-refractivity contribution in [2.45, 2.75) is 12.5 Å². The van der Waals surface area contributed by atoms with Crippen LogP contribution in [0.5, 0.6) is 11.5 Å². The molecule has 2 aromatic carbocycles. The number of benzene rings is 2. The molecular weight excluding hydrogens is 425 g/mol. The van der Waals surface area contributed by atoms with Gasteiger partial charge in [-0.25, -0.2) is 13.9 Å². The second kappa shape index (κ2) is 9.99. The Morgan fingerprint density at radius 1 is 1.15 bits per heavy atom. The number of carbonyl (C=O) groups excluding carboxylic acids is 1. The summed E-state index contributed by atoms with van der Waals surface area (Å²) in [4.78, 5) is 18.8. The maximum atomic E-state index is 12.5. The van der Waals surface area contributed by atoms with Gasteiger partial charge in [-0.05, 0) is 42.8 Å². The van der Waals surface area contributed by atoms with Crippen LogP contribution in [0.25, 0.3) is 5.65 Å². The molecule has 1 aliphatic rings. The van der Waals surface area contributed by atoms with Crippen LogP contribution >= 0.6 is 0 Å². The van der Waals surface area contributed by atoms with Gasteiger partial charge >= 0.3 is 0 Å². The lowest BCUT2D eigenvalue weighted by Crippen LogP contribution is -2.37. The van der Waals surface area contributed by atoms with Crippen molar-refractivity contribution in [3.63, 3.8) is 0 Å². The van der Waals surface area contributed by atoms with Crippen LogP contribution in [0.2, 0.25) is 0 Å². The molecule has 9 heteroatoms. The lowest BCUT2D eigenvalue weighted by Gasteiger charge is -2.18. The maximum absolute atomic E-state index is 12.5. The maximum Gasteiger partial charge on any atom is 0.255 e. The van der Waals surface area contributed by atoms with Gasteiger partial charge in [0.2, 0.25) is 0 Å². The minimum Gasteiger partial charge on any atom is -0.504 e. The molecule has 4 aromatic rings. The molecule has 8 nitrogen and oxygen atoms in total. The van der Waals surface area contributed by atoms with Crippen molar-refractivity contribution in [3.8, 4) is 11.5 Å². The Hall–Kier alpha value is -4.14. The Morgan fingerprint density at radius 3 is 2.70 bits per heavy atom. The highest BCUT2D eigenvalue weighted by atomic mass is 19.1. The van der Waals surface area contributed by atoms with Crippen LogP contribution in [0.4, 0.5) is 10.2 Å². The number of halogens is 1. The molecular formula is C24H24FN5O3. The average Bonchev–Trinajstić information content (AvgIpc) is 3.49. The van der Waals surface area contributed by atoms with Crippen molar-refractivity contribution in [3.05, 3.63) is 84.4 Å². The summed E-state index contributed by atoms with van der Waals surface area (Å²) in [5.74, 6) is 0.489. The Balaban J connectivity index is 0.000000318. The number of nitrogens with one attached hydrogen (secondary N) is 1. The molecule has 5 rings (SSSR count). The molecule has 1 fully saturated rings. The van der Waals surface area contributed by atoms with E-state index in [9.17, 15) is 14.3 Å². The molecule has 3 heterocycles. The van der Waals surface area contributed by atoms with Crippen molar-refractivity contribution >= 4 is 17.4 Å². The van der Waals surface area contributed by atoms with Gasteiger partial charge in [-0.1, -0.05) is 24.3 Å². The molecule has 33 heavy (non-hydrogen) atoms. The molecule has 1 saturated heterocycles. The van der Waals surface area contributed by atoms with Gasteiger partial charge in [0.1, 0.15) is 11.6 Å². The molecule has 1 atom stereocenters. The van der Waals surface area contributed by atoms with Gasteiger partial charge in [-0.15, -0.1) is 5.10 Å². The Morgan fingerprint density at radius 2 is 1.97 bits per heavy atom. The van der Waals surface area contributed by atoms with Crippen molar-refractivity contribution in [2.24, 2.45) is 0 Å². The molecule has 1 amide bonds. The van der Waals surface area contributed by atoms with Gasteiger partial charge in [0.15, 0.2) is 17.1 Å². The first-order valence-corrected chi connectivity index (χ1v) is 10.5. The van der Waals surface area contributed by atoms with Crippen LogP contribution in [0, 0.1) is 5.82 Å². The highest BCUT2D eigenvalue weighted by molar-refractivity contribution is 5.97.